The molecule has 26 heavy (non-hydrogen) atoms. The highest BCUT2D eigenvalue weighted by atomic mass is 32.2. The van der Waals surface area contributed by atoms with E-state index in [1.807, 2.05) is 0 Å². The molecule has 2 heterocycles. The number of aromatic hydroxyl groups is 1. The van der Waals surface area contributed by atoms with E-state index >= 15 is 0 Å². The van der Waals surface area contributed by atoms with Crippen molar-refractivity contribution in [2.75, 3.05) is 17.7 Å². The van der Waals surface area contributed by atoms with E-state index in [9.17, 15) is 18.3 Å². The first-order chi connectivity index (χ1) is 12.4. The van der Waals surface area contributed by atoms with Crippen molar-refractivity contribution in [3.63, 3.8) is 0 Å². The molecule has 4 N–H and O–H groups in total. The Hall–Kier alpha value is -3.47. The summed E-state index contributed by atoms with van der Waals surface area (Å²) in [5.74, 6) is -0.710. The van der Waals surface area contributed by atoms with Gasteiger partial charge in [0.2, 0.25) is 0 Å². The van der Waals surface area contributed by atoms with Gasteiger partial charge in [-0.25, -0.2) is 4.98 Å². The van der Waals surface area contributed by atoms with Gasteiger partial charge >= 0.3 is 10.2 Å². The normalized spacial score (nSPS) is 15.0. The monoisotopic (exact) mass is 374 g/mol. The molecule has 1 amide bonds. The number of phenols is 1. The Kier molecular flexibility index (Phi) is 4.54. The fraction of sp³-hybridized carbons (Fsp3) is 0.0667. The largest absolute Gasteiger partial charge is 0.505 e. The first kappa shape index (κ1) is 17.4. The van der Waals surface area contributed by atoms with Crippen LogP contribution in [0.1, 0.15) is 10.4 Å². The van der Waals surface area contributed by atoms with Crippen molar-refractivity contribution in [3.05, 3.63) is 48.2 Å². The van der Waals surface area contributed by atoms with Crippen molar-refractivity contribution < 1.29 is 18.3 Å². The predicted octanol–water partition coefficient (Wildman–Crippen LogP) is 0.726. The number of carbonyl (C=O) groups excluding carboxylic acids is 1. The number of amides is 1. The maximum atomic E-state index is 11.8. The molecule has 2 aromatic rings. The number of para-hydroxylation sites is 1. The highest BCUT2D eigenvalue weighted by Crippen LogP contribution is 2.28. The molecule has 11 heteroatoms. The van der Waals surface area contributed by atoms with Crippen LogP contribution in [0.5, 0.6) is 5.75 Å². The van der Waals surface area contributed by atoms with Gasteiger partial charge in [0.15, 0.2) is 17.4 Å². The lowest BCUT2D eigenvalue weighted by Crippen LogP contribution is -2.28. The second kappa shape index (κ2) is 6.80. The number of benzene rings is 1. The van der Waals surface area contributed by atoms with Crippen molar-refractivity contribution in [1.29, 1.82) is 0 Å². The number of nitrogens with one attached hydrogen (secondary N) is 3. The van der Waals surface area contributed by atoms with Crippen molar-refractivity contribution in [1.82, 2.24) is 10.3 Å². The van der Waals surface area contributed by atoms with Crippen LogP contribution in [0.15, 0.2) is 51.4 Å². The van der Waals surface area contributed by atoms with E-state index in [2.05, 4.69) is 29.7 Å². The highest BCUT2D eigenvalue weighted by molar-refractivity contribution is 7.89. The first-order valence-corrected chi connectivity index (χ1v) is 8.73. The lowest BCUT2D eigenvalue weighted by atomic mass is 10.1. The van der Waals surface area contributed by atoms with Crippen LogP contribution in [-0.4, -0.2) is 43.1 Å². The van der Waals surface area contributed by atoms with Crippen LogP contribution in [0.4, 0.5) is 11.5 Å². The molecule has 3 rings (SSSR count). The molecule has 1 aromatic carbocycles. The first-order valence-electron chi connectivity index (χ1n) is 7.34. The van der Waals surface area contributed by atoms with Crippen molar-refractivity contribution in [2.24, 2.45) is 8.80 Å². The van der Waals surface area contributed by atoms with E-state index < -0.39 is 16.1 Å². The van der Waals surface area contributed by atoms with Gasteiger partial charge < -0.3 is 21.1 Å². The molecule has 134 valence electrons. The number of pyridine rings is 1. The van der Waals surface area contributed by atoms with E-state index in [0.29, 0.717) is 5.82 Å². The number of amidine groups is 2. The van der Waals surface area contributed by atoms with Gasteiger partial charge in [0.25, 0.3) is 5.91 Å². The number of hydrogen-bond acceptors (Lipinski definition) is 7. The van der Waals surface area contributed by atoms with E-state index in [4.69, 9.17) is 0 Å². The third kappa shape index (κ3) is 3.62. The molecule has 1 aliphatic heterocycles. The Labute approximate surface area is 148 Å². The average molecular weight is 374 g/mol. The Balaban J connectivity index is 1.91. The van der Waals surface area contributed by atoms with Crippen LogP contribution in [0.2, 0.25) is 0 Å². The summed E-state index contributed by atoms with van der Waals surface area (Å²) >= 11 is 0. The Morgan fingerprint density at radius 2 is 1.77 bits per heavy atom. The second-order valence-corrected chi connectivity index (χ2v) is 6.33. The molecule has 0 spiro atoms. The van der Waals surface area contributed by atoms with E-state index in [1.54, 1.807) is 18.2 Å². The third-order valence-electron chi connectivity index (χ3n) is 3.31. The molecule has 1 aromatic heterocycles. The summed E-state index contributed by atoms with van der Waals surface area (Å²) in [4.78, 5) is 15.8. The molecule has 10 nitrogen and oxygen atoms in total. The summed E-state index contributed by atoms with van der Waals surface area (Å²) in [6.45, 7) is 0. The molecule has 0 saturated carbocycles. The number of carbonyl (C=O) groups is 1. The van der Waals surface area contributed by atoms with Gasteiger partial charge in [-0.1, -0.05) is 12.1 Å². The minimum Gasteiger partial charge on any atom is -0.505 e. The highest BCUT2D eigenvalue weighted by Gasteiger charge is 2.26. The van der Waals surface area contributed by atoms with Crippen LogP contribution in [-0.2, 0) is 10.2 Å². The van der Waals surface area contributed by atoms with Crippen LogP contribution in [0.25, 0.3) is 0 Å². The molecule has 0 radical (unpaired) electrons. The van der Waals surface area contributed by atoms with E-state index in [1.165, 1.54) is 31.4 Å². The topological polar surface area (TPSA) is 145 Å². The van der Waals surface area contributed by atoms with E-state index in [-0.39, 0.29) is 28.7 Å². The van der Waals surface area contributed by atoms with Gasteiger partial charge in [-0.2, -0.15) is 8.42 Å². The smallest absolute Gasteiger partial charge is 0.367 e. The maximum absolute atomic E-state index is 11.8. The molecular formula is C15H14N6O4S. The van der Waals surface area contributed by atoms with Gasteiger partial charge in [-0.15, -0.1) is 8.80 Å². The zero-order valence-corrected chi connectivity index (χ0v) is 14.3. The molecule has 0 aliphatic carbocycles. The third-order valence-corrected chi connectivity index (χ3v) is 4.14. The van der Waals surface area contributed by atoms with E-state index in [0.717, 1.165) is 0 Å². The summed E-state index contributed by atoms with van der Waals surface area (Å²) < 4.78 is 30.5. The minimum absolute atomic E-state index is 0.0233. The number of hydrogen-bond donors (Lipinski definition) is 4. The van der Waals surface area contributed by atoms with Crippen LogP contribution in [0, 0.1) is 0 Å². The molecule has 0 unspecified atom stereocenters. The van der Waals surface area contributed by atoms with Gasteiger partial charge in [-0.3, -0.25) is 4.79 Å². The quantitative estimate of drug-likeness (QED) is 0.579. The zero-order valence-electron chi connectivity index (χ0n) is 13.5. The van der Waals surface area contributed by atoms with Crippen LogP contribution < -0.4 is 16.0 Å². The summed E-state index contributed by atoms with van der Waals surface area (Å²) in [7, 11) is -2.64. The molecule has 0 bridgehead atoms. The number of rotatable bonds is 3. The summed E-state index contributed by atoms with van der Waals surface area (Å²) in [6, 6.07) is 9.45. The number of nitrogens with zero attached hydrogens (tertiary/aromatic N) is 3. The summed E-state index contributed by atoms with van der Waals surface area (Å²) in [6.07, 6.45) is 1.52. The molecular weight excluding hydrogens is 360 g/mol. The standard InChI is InChI=1S/C15H14N6O4S/c1-16-15(23)9-5-4-6-10(12(9)22)18-13-14(21-26(24,25)20-13)19-11-7-2-3-8-17-11/h2-8,22H,1H3,(H,16,23)(H,18,20)(H,17,19,21). The Morgan fingerprint density at radius 3 is 2.42 bits per heavy atom. The number of aromatic nitrogens is 1. The second-order valence-electron chi connectivity index (χ2n) is 5.07. The Morgan fingerprint density at radius 1 is 1.04 bits per heavy atom. The Bertz CT molecular complexity index is 1020. The lowest BCUT2D eigenvalue weighted by Gasteiger charge is -2.12. The van der Waals surface area contributed by atoms with Crippen molar-refractivity contribution in [2.45, 2.75) is 0 Å². The molecule has 1 aliphatic rings. The number of phenolic OH excluding ortho intramolecular Hbond substituents is 1. The SMILES string of the molecule is CNC(=O)c1cccc(NC2=NS(=O)(=O)N=C2Nc2ccccn2)c1O. The van der Waals surface area contributed by atoms with Gasteiger partial charge in [0.1, 0.15) is 5.82 Å². The lowest BCUT2D eigenvalue weighted by molar-refractivity contribution is 0.0960. The fourth-order valence-electron chi connectivity index (χ4n) is 2.15. The zero-order chi connectivity index (χ0) is 18.7. The number of anilines is 2. The van der Waals surface area contributed by atoms with Gasteiger partial charge in [0.05, 0.1) is 11.3 Å². The molecule has 0 atom stereocenters. The van der Waals surface area contributed by atoms with Gasteiger partial charge in [-0.05, 0) is 24.3 Å². The molecule has 0 fully saturated rings. The molecule has 0 saturated heterocycles. The van der Waals surface area contributed by atoms with Crippen molar-refractivity contribution in [3.8, 4) is 5.75 Å². The summed E-state index contributed by atoms with van der Waals surface area (Å²) in [5, 5.41) is 18.1. The van der Waals surface area contributed by atoms with Crippen molar-refractivity contribution >= 4 is 39.3 Å². The predicted molar refractivity (Wildman–Crippen MR) is 96.8 cm³/mol. The summed E-state index contributed by atoms with van der Waals surface area (Å²) in [5.41, 5.74) is 0.118. The minimum atomic E-state index is -4.07. The fourth-order valence-corrected chi connectivity index (χ4v) is 2.92. The van der Waals surface area contributed by atoms with Crippen LogP contribution in [0.3, 0.4) is 0 Å². The van der Waals surface area contributed by atoms with Crippen LogP contribution >= 0.6 is 0 Å². The van der Waals surface area contributed by atoms with Gasteiger partial charge in [0, 0.05) is 13.2 Å². The average Bonchev–Trinajstić information content (AvgIpc) is 2.90. The maximum Gasteiger partial charge on any atom is 0.367 e.